The number of hydrogen-bond donors (Lipinski definition) is 3. The van der Waals surface area contributed by atoms with E-state index in [1.807, 2.05) is 27.7 Å². The molecule has 0 saturated carbocycles. The predicted octanol–water partition coefficient (Wildman–Crippen LogP) is 2.69. The summed E-state index contributed by atoms with van der Waals surface area (Å²) in [6.07, 6.45) is 3.45. The molecule has 0 aromatic heterocycles. The Labute approximate surface area is 155 Å². The van der Waals surface area contributed by atoms with Crippen molar-refractivity contribution in [3.05, 3.63) is 22.3 Å². The minimum atomic E-state index is -0.856. The van der Waals surface area contributed by atoms with Crippen LogP contribution in [0.1, 0.15) is 48.4 Å². The summed E-state index contributed by atoms with van der Waals surface area (Å²) in [5.41, 5.74) is 2.79. The van der Waals surface area contributed by atoms with Gasteiger partial charge in [-0.1, -0.05) is 0 Å². The van der Waals surface area contributed by atoms with E-state index in [2.05, 4.69) is 10.6 Å². The summed E-state index contributed by atoms with van der Waals surface area (Å²) < 4.78 is 6.23. The summed E-state index contributed by atoms with van der Waals surface area (Å²) >= 11 is 0. The fraction of sp³-hybridized carbons (Fsp3) is 0.632. The maximum atomic E-state index is 12.8. The highest BCUT2D eigenvalue weighted by Gasteiger charge is 2.41. The Balaban J connectivity index is 0.00000225. The highest BCUT2D eigenvalue weighted by molar-refractivity contribution is 5.86. The van der Waals surface area contributed by atoms with Gasteiger partial charge >= 0.3 is 0 Å². The van der Waals surface area contributed by atoms with Gasteiger partial charge in [-0.3, -0.25) is 4.79 Å². The van der Waals surface area contributed by atoms with E-state index in [1.54, 1.807) is 0 Å². The van der Waals surface area contributed by atoms with Gasteiger partial charge in [-0.25, -0.2) is 0 Å². The van der Waals surface area contributed by atoms with Crippen LogP contribution in [-0.2, 0) is 11.2 Å². The van der Waals surface area contributed by atoms with Gasteiger partial charge in [0.2, 0.25) is 0 Å². The molecule has 3 rings (SSSR count). The van der Waals surface area contributed by atoms with Crippen LogP contribution < -0.4 is 15.4 Å². The van der Waals surface area contributed by atoms with Gasteiger partial charge in [0.25, 0.3) is 5.91 Å². The average Bonchev–Trinajstić information content (AvgIpc) is 2.59. The van der Waals surface area contributed by atoms with E-state index in [1.165, 1.54) is 0 Å². The number of nitrogens with one attached hydrogen (secondary N) is 2. The Morgan fingerprint density at radius 2 is 2.00 bits per heavy atom. The molecule has 25 heavy (non-hydrogen) atoms. The first-order valence-electron chi connectivity index (χ1n) is 8.86. The van der Waals surface area contributed by atoms with Gasteiger partial charge in [0.15, 0.2) is 5.60 Å². The van der Waals surface area contributed by atoms with E-state index in [4.69, 9.17) is 4.74 Å². The molecular weight excluding hydrogens is 340 g/mol. The standard InChI is InChI=1S/C19H28N2O3.ClH/c1-11-12(2)17-15(13(3)16(11)22)7-8-19(4,24-17)18(23)21-14-6-5-9-20-10-14;/h14,20,22H,5-10H2,1-4H3,(H,21,23);1H. The molecule has 5 nitrogen and oxygen atoms in total. The van der Waals surface area contributed by atoms with Crippen LogP contribution in [0.25, 0.3) is 0 Å². The summed E-state index contributed by atoms with van der Waals surface area (Å²) in [6, 6.07) is 0.178. The number of benzene rings is 1. The number of carbonyl (C=O) groups is 1. The SMILES string of the molecule is Cc1c(C)c2c(c(C)c1O)CCC(C)(C(=O)NC1CCCNC1)O2.Cl. The lowest BCUT2D eigenvalue weighted by Gasteiger charge is -2.38. The number of phenolic OH excluding ortho intramolecular Hbond substituents is 1. The minimum absolute atomic E-state index is 0. The highest BCUT2D eigenvalue weighted by Crippen LogP contribution is 2.43. The first-order valence-corrected chi connectivity index (χ1v) is 8.86. The number of halogens is 1. The van der Waals surface area contributed by atoms with Crippen molar-refractivity contribution in [2.45, 2.75) is 65.0 Å². The van der Waals surface area contributed by atoms with Crippen molar-refractivity contribution < 1.29 is 14.6 Å². The number of rotatable bonds is 2. The van der Waals surface area contributed by atoms with Gasteiger partial charge in [-0.15, -0.1) is 12.4 Å². The van der Waals surface area contributed by atoms with E-state index in [9.17, 15) is 9.90 Å². The Morgan fingerprint density at radius 1 is 1.28 bits per heavy atom. The molecule has 3 N–H and O–H groups in total. The van der Waals surface area contributed by atoms with Crippen LogP contribution in [0, 0.1) is 20.8 Å². The van der Waals surface area contributed by atoms with Crippen LogP contribution in [-0.4, -0.2) is 35.7 Å². The van der Waals surface area contributed by atoms with Crippen molar-refractivity contribution in [3.63, 3.8) is 0 Å². The first kappa shape index (κ1) is 19.9. The van der Waals surface area contributed by atoms with Crippen molar-refractivity contribution in [1.29, 1.82) is 0 Å². The molecule has 0 spiro atoms. The van der Waals surface area contributed by atoms with Crippen LogP contribution in [0.4, 0.5) is 0 Å². The zero-order chi connectivity index (χ0) is 17.5. The van der Waals surface area contributed by atoms with Gasteiger partial charge in [-0.05, 0) is 70.2 Å². The number of fused-ring (bicyclic) bond motifs is 1. The second-order valence-electron chi connectivity index (χ2n) is 7.38. The maximum Gasteiger partial charge on any atom is 0.264 e. The third-order valence-corrected chi connectivity index (χ3v) is 5.63. The van der Waals surface area contributed by atoms with Crippen molar-refractivity contribution in [2.75, 3.05) is 13.1 Å². The average molecular weight is 369 g/mol. The van der Waals surface area contributed by atoms with E-state index in [-0.39, 0.29) is 24.4 Å². The lowest BCUT2D eigenvalue weighted by atomic mass is 9.86. The zero-order valence-electron chi connectivity index (χ0n) is 15.5. The summed E-state index contributed by atoms with van der Waals surface area (Å²) in [6.45, 7) is 9.47. The monoisotopic (exact) mass is 368 g/mol. The topological polar surface area (TPSA) is 70.6 Å². The summed E-state index contributed by atoms with van der Waals surface area (Å²) in [5, 5.41) is 16.7. The number of hydrogen-bond acceptors (Lipinski definition) is 4. The normalized spacial score (nSPS) is 25.4. The molecule has 2 heterocycles. The highest BCUT2D eigenvalue weighted by atomic mass is 35.5. The third-order valence-electron chi connectivity index (χ3n) is 5.63. The Morgan fingerprint density at radius 3 is 2.64 bits per heavy atom. The lowest BCUT2D eigenvalue weighted by molar-refractivity contribution is -0.137. The van der Waals surface area contributed by atoms with E-state index in [0.29, 0.717) is 12.2 Å². The van der Waals surface area contributed by atoms with Crippen molar-refractivity contribution in [3.8, 4) is 11.5 Å². The molecule has 2 atom stereocenters. The molecule has 6 heteroatoms. The molecule has 2 unspecified atom stereocenters. The van der Waals surface area contributed by atoms with Crippen molar-refractivity contribution in [2.24, 2.45) is 0 Å². The molecule has 0 radical (unpaired) electrons. The number of amides is 1. The molecule has 2 aliphatic rings. The lowest BCUT2D eigenvalue weighted by Crippen LogP contribution is -2.56. The van der Waals surface area contributed by atoms with Gasteiger partial charge in [-0.2, -0.15) is 0 Å². The van der Waals surface area contributed by atoms with Crippen LogP contribution >= 0.6 is 12.4 Å². The molecule has 1 aromatic carbocycles. The molecule has 1 saturated heterocycles. The zero-order valence-corrected chi connectivity index (χ0v) is 16.3. The number of phenols is 1. The molecule has 0 aliphatic carbocycles. The second-order valence-corrected chi connectivity index (χ2v) is 7.38. The predicted molar refractivity (Wildman–Crippen MR) is 101 cm³/mol. The summed E-state index contributed by atoms with van der Waals surface area (Å²) in [7, 11) is 0. The fourth-order valence-electron chi connectivity index (χ4n) is 3.72. The Bertz CT molecular complexity index is 671. The van der Waals surface area contributed by atoms with Crippen LogP contribution in [0.5, 0.6) is 11.5 Å². The molecule has 1 fully saturated rings. The first-order chi connectivity index (χ1) is 11.3. The fourth-order valence-corrected chi connectivity index (χ4v) is 3.72. The minimum Gasteiger partial charge on any atom is -0.507 e. The molecule has 1 aromatic rings. The number of piperidine rings is 1. The molecular formula is C19H29ClN2O3. The van der Waals surface area contributed by atoms with Gasteiger partial charge in [0, 0.05) is 24.6 Å². The Hall–Kier alpha value is -1.46. The molecule has 2 aliphatic heterocycles. The van der Waals surface area contributed by atoms with Crippen molar-refractivity contribution >= 4 is 18.3 Å². The quantitative estimate of drug-likeness (QED) is 0.750. The van der Waals surface area contributed by atoms with Gasteiger partial charge < -0.3 is 20.5 Å². The van der Waals surface area contributed by atoms with Crippen molar-refractivity contribution in [1.82, 2.24) is 10.6 Å². The van der Waals surface area contributed by atoms with E-state index in [0.717, 1.165) is 60.4 Å². The van der Waals surface area contributed by atoms with Crippen LogP contribution in [0.3, 0.4) is 0 Å². The number of ether oxygens (including phenoxy) is 1. The summed E-state index contributed by atoms with van der Waals surface area (Å²) in [4.78, 5) is 12.8. The number of carbonyl (C=O) groups excluding carboxylic acids is 1. The van der Waals surface area contributed by atoms with Gasteiger partial charge in [0.05, 0.1) is 0 Å². The summed E-state index contributed by atoms with van der Waals surface area (Å²) in [5.74, 6) is 1.08. The molecule has 1 amide bonds. The molecule has 140 valence electrons. The van der Waals surface area contributed by atoms with Crippen LogP contribution in [0.2, 0.25) is 0 Å². The third kappa shape index (κ3) is 3.58. The number of aromatic hydroxyl groups is 1. The van der Waals surface area contributed by atoms with E-state index < -0.39 is 5.60 Å². The second kappa shape index (κ2) is 7.42. The largest absolute Gasteiger partial charge is 0.507 e. The maximum absolute atomic E-state index is 12.8. The Kier molecular flexibility index (Phi) is 5.89. The van der Waals surface area contributed by atoms with Gasteiger partial charge in [0.1, 0.15) is 11.5 Å². The smallest absolute Gasteiger partial charge is 0.264 e. The molecule has 0 bridgehead atoms. The van der Waals surface area contributed by atoms with E-state index >= 15 is 0 Å². The van der Waals surface area contributed by atoms with Crippen LogP contribution in [0.15, 0.2) is 0 Å².